The Hall–Kier alpha value is -1.98. The molecule has 6 nitrogen and oxygen atoms in total. The van der Waals surface area contributed by atoms with Crippen molar-refractivity contribution in [3.63, 3.8) is 0 Å². The van der Waals surface area contributed by atoms with E-state index in [2.05, 4.69) is 25.7 Å². The number of nitrogens with one attached hydrogen (secondary N) is 2. The summed E-state index contributed by atoms with van der Waals surface area (Å²) in [5.74, 6) is -0.193. The third-order valence-corrected chi connectivity index (χ3v) is 1.69. The number of aromatic nitrogens is 4. The average molecular weight is 177 g/mol. The minimum atomic E-state index is -0.193. The highest BCUT2D eigenvalue weighted by Crippen LogP contribution is 2.09. The number of rotatable bonds is 1. The van der Waals surface area contributed by atoms with Crippen LogP contribution in [0, 0.1) is 0 Å². The molecule has 13 heavy (non-hydrogen) atoms. The van der Waals surface area contributed by atoms with Gasteiger partial charge in [0.15, 0.2) is 0 Å². The first-order valence-corrected chi connectivity index (χ1v) is 3.70. The van der Waals surface area contributed by atoms with E-state index in [-0.39, 0.29) is 5.91 Å². The van der Waals surface area contributed by atoms with Gasteiger partial charge >= 0.3 is 0 Å². The maximum atomic E-state index is 11.3. The van der Waals surface area contributed by atoms with E-state index in [9.17, 15) is 4.79 Å². The van der Waals surface area contributed by atoms with E-state index in [0.717, 1.165) is 0 Å². The van der Waals surface area contributed by atoms with Crippen molar-refractivity contribution >= 4 is 17.1 Å². The van der Waals surface area contributed by atoms with E-state index in [1.165, 1.54) is 6.20 Å². The Labute approximate surface area is 73.4 Å². The Kier molecular flexibility index (Phi) is 1.66. The number of fused-ring (bicyclic) bond motifs is 1. The molecule has 0 aliphatic carbocycles. The molecule has 0 atom stereocenters. The van der Waals surface area contributed by atoms with Gasteiger partial charge < -0.3 is 5.32 Å². The standard InChI is InChI=1S/C7H7N5O/c1-8-7(13)4-2-3-9-6-5(4)10-12-11-6/h2-3H,1H3,(H,8,13)(H,9,10,11,12). The van der Waals surface area contributed by atoms with Crippen LogP contribution in [0.15, 0.2) is 12.3 Å². The van der Waals surface area contributed by atoms with Gasteiger partial charge in [0.05, 0.1) is 5.56 Å². The van der Waals surface area contributed by atoms with Gasteiger partial charge in [0.2, 0.25) is 5.65 Å². The molecular weight excluding hydrogens is 170 g/mol. The molecular formula is C7H7N5O. The first kappa shape index (κ1) is 7.66. The highest BCUT2D eigenvalue weighted by Gasteiger charge is 2.11. The first-order valence-electron chi connectivity index (χ1n) is 3.70. The van der Waals surface area contributed by atoms with Crippen molar-refractivity contribution in [2.24, 2.45) is 0 Å². The molecule has 0 spiro atoms. The summed E-state index contributed by atoms with van der Waals surface area (Å²) in [4.78, 5) is 15.2. The van der Waals surface area contributed by atoms with Crippen LogP contribution in [0.1, 0.15) is 10.4 Å². The molecule has 0 aliphatic rings. The predicted octanol–water partition coefficient (Wildman–Crippen LogP) is -0.288. The minimum absolute atomic E-state index is 0.193. The van der Waals surface area contributed by atoms with Gasteiger partial charge in [-0.3, -0.25) is 4.79 Å². The van der Waals surface area contributed by atoms with E-state index in [1.54, 1.807) is 13.1 Å². The number of carbonyl (C=O) groups is 1. The second-order valence-corrected chi connectivity index (χ2v) is 2.43. The van der Waals surface area contributed by atoms with Crippen LogP contribution in [0.4, 0.5) is 0 Å². The van der Waals surface area contributed by atoms with Crippen LogP contribution in [0.3, 0.4) is 0 Å². The van der Waals surface area contributed by atoms with E-state index in [1.807, 2.05) is 0 Å². The lowest BCUT2D eigenvalue weighted by Crippen LogP contribution is -2.18. The van der Waals surface area contributed by atoms with Gasteiger partial charge in [-0.2, -0.15) is 10.3 Å². The smallest absolute Gasteiger partial charge is 0.253 e. The highest BCUT2D eigenvalue weighted by molar-refractivity contribution is 6.03. The predicted molar refractivity (Wildman–Crippen MR) is 45.1 cm³/mol. The van der Waals surface area contributed by atoms with Gasteiger partial charge in [-0.25, -0.2) is 4.98 Å². The summed E-state index contributed by atoms with van der Waals surface area (Å²) >= 11 is 0. The van der Waals surface area contributed by atoms with Crippen LogP contribution in [0.25, 0.3) is 11.2 Å². The van der Waals surface area contributed by atoms with Crippen LogP contribution in [-0.2, 0) is 0 Å². The van der Waals surface area contributed by atoms with Crippen molar-refractivity contribution in [3.05, 3.63) is 17.8 Å². The summed E-state index contributed by atoms with van der Waals surface area (Å²) in [6, 6.07) is 1.60. The number of hydrogen-bond acceptors (Lipinski definition) is 4. The van der Waals surface area contributed by atoms with Crippen molar-refractivity contribution in [1.29, 1.82) is 0 Å². The zero-order valence-electron chi connectivity index (χ0n) is 6.90. The Balaban J connectivity index is 2.67. The highest BCUT2D eigenvalue weighted by atomic mass is 16.1. The summed E-state index contributed by atoms with van der Waals surface area (Å²) in [6.45, 7) is 0. The molecule has 2 aromatic heterocycles. The average Bonchev–Trinajstić information content (AvgIpc) is 2.63. The summed E-state index contributed by atoms with van der Waals surface area (Å²) in [7, 11) is 1.56. The van der Waals surface area contributed by atoms with E-state index in [4.69, 9.17) is 0 Å². The van der Waals surface area contributed by atoms with Gasteiger partial charge in [-0.1, -0.05) is 0 Å². The lowest BCUT2D eigenvalue weighted by molar-refractivity contribution is 0.0964. The summed E-state index contributed by atoms with van der Waals surface area (Å²) < 4.78 is 0. The third-order valence-electron chi connectivity index (χ3n) is 1.69. The zero-order valence-corrected chi connectivity index (χ0v) is 6.90. The van der Waals surface area contributed by atoms with Gasteiger partial charge in [-0.15, -0.1) is 5.10 Å². The molecule has 0 aromatic carbocycles. The largest absolute Gasteiger partial charge is 0.355 e. The quantitative estimate of drug-likeness (QED) is 0.627. The van der Waals surface area contributed by atoms with Crippen molar-refractivity contribution in [2.45, 2.75) is 0 Å². The van der Waals surface area contributed by atoms with Crippen LogP contribution in [0.5, 0.6) is 0 Å². The molecule has 6 heteroatoms. The minimum Gasteiger partial charge on any atom is -0.355 e. The van der Waals surface area contributed by atoms with Gasteiger partial charge in [0.25, 0.3) is 5.91 Å². The number of H-pyrrole nitrogens is 1. The number of carbonyl (C=O) groups excluding carboxylic acids is 1. The third kappa shape index (κ3) is 1.12. The molecule has 2 heterocycles. The molecule has 2 N–H and O–H groups in total. The molecule has 0 bridgehead atoms. The zero-order chi connectivity index (χ0) is 9.26. The second kappa shape index (κ2) is 2.81. The van der Waals surface area contributed by atoms with Crippen LogP contribution in [-0.4, -0.2) is 33.3 Å². The molecule has 0 saturated carbocycles. The molecule has 1 amide bonds. The number of hydrogen-bond donors (Lipinski definition) is 2. The van der Waals surface area contributed by atoms with Crippen LogP contribution >= 0.6 is 0 Å². The topological polar surface area (TPSA) is 83.6 Å². The van der Waals surface area contributed by atoms with E-state index < -0.39 is 0 Å². The van der Waals surface area contributed by atoms with E-state index >= 15 is 0 Å². The number of pyridine rings is 1. The van der Waals surface area contributed by atoms with Crippen LogP contribution < -0.4 is 5.32 Å². The summed E-state index contributed by atoms with van der Waals surface area (Å²) in [6.07, 6.45) is 1.52. The van der Waals surface area contributed by atoms with Gasteiger partial charge in [0, 0.05) is 13.2 Å². The van der Waals surface area contributed by atoms with Crippen molar-refractivity contribution in [1.82, 2.24) is 25.7 Å². The summed E-state index contributed by atoms with van der Waals surface area (Å²) in [5, 5.41) is 12.5. The first-order chi connectivity index (χ1) is 6.33. The van der Waals surface area contributed by atoms with Crippen LogP contribution in [0.2, 0.25) is 0 Å². The Morgan fingerprint density at radius 2 is 2.38 bits per heavy atom. The molecule has 0 unspecified atom stereocenters. The van der Waals surface area contributed by atoms with Crippen molar-refractivity contribution < 1.29 is 4.79 Å². The fourth-order valence-corrected chi connectivity index (χ4v) is 1.08. The number of amides is 1. The molecule has 0 fully saturated rings. The molecule has 66 valence electrons. The fraction of sp³-hybridized carbons (Fsp3) is 0.143. The molecule has 0 aliphatic heterocycles. The summed E-state index contributed by atoms with van der Waals surface area (Å²) in [5.41, 5.74) is 1.41. The van der Waals surface area contributed by atoms with Gasteiger partial charge in [0.1, 0.15) is 5.52 Å². The fourth-order valence-electron chi connectivity index (χ4n) is 1.08. The number of nitrogens with zero attached hydrogens (tertiary/aromatic N) is 3. The maximum Gasteiger partial charge on any atom is 0.253 e. The SMILES string of the molecule is CNC(=O)c1ccnc2n[nH]nc12. The molecule has 2 aromatic rings. The van der Waals surface area contributed by atoms with Gasteiger partial charge in [-0.05, 0) is 6.07 Å². The van der Waals surface area contributed by atoms with Crippen molar-refractivity contribution in [2.75, 3.05) is 7.05 Å². The molecule has 2 rings (SSSR count). The lowest BCUT2D eigenvalue weighted by atomic mass is 10.2. The molecule has 0 radical (unpaired) electrons. The normalized spacial score (nSPS) is 10.2. The van der Waals surface area contributed by atoms with Crippen molar-refractivity contribution in [3.8, 4) is 0 Å². The Bertz CT molecular complexity index is 449. The lowest BCUT2D eigenvalue weighted by Gasteiger charge is -1.97. The number of aromatic amines is 1. The second-order valence-electron chi connectivity index (χ2n) is 2.43. The Morgan fingerprint density at radius 1 is 1.54 bits per heavy atom. The molecule has 0 saturated heterocycles. The maximum absolute atomic E-state index is 11.3. The van der Waals surface area contributed by atoms with E-state index in [0.29, 0.717) is 16.7 Å². The Morgan fingerprint density at radius 3 is 3.15 bits per heavy atom. The monoisotopic (exact) mass is 177 g/mol.